The van der Waals surface area contributed by atoms with Gasteiger partial charge in [0.05, 0.1) is 13.2 Å². The van der Waals surface area contributed by atoms with E-state index in [0.717, 1.165) is 71.4 Å². The summed E-state index contributed by atoms with van der Waals surface area (Å²) in [5.74, 6) is 1.62. The molecule has 25 heavy (non-hydrogen) atoms. The number of nitrogens with one attached hydrogen (secondary N) is 1. The van der Waals surface area contributed by atoms with Crippen molar-refractivity contribution in [3.05, 3.63) is 0 Å². The molecule has 1 N–H and O–H groups in total. The second kappa shape index (κ2) is 11.7. The Balaban J connectivity index is 1.67. The van der Waals surface area contributed by atoms with Crippen LogP contribution in [-0.2, 0) is 9.47 Å². The van der Waals surface area contributed by atoms with Crippen molar-refractivity contribution in [2.24, 2.45) is 10.9 Å². The second-order valence-corrected chi connectivity index (χ2v) is 7.20. The average Bonchev–Trinajstić information content (AvgIpc) is 3.28. The van der Waals surface area contributed by atoms with Gasteiger partial charge in [0, 0.05) is 51.9 Å². The van der Waals surface area contributed by atoms with Crippen LogP contribution in [0.25, 0.3) is 0 Å². The monoisotopic (exact) mass is 354 g/mol. The molecule has 2 heterocycles. The maximum Gasteiger partial charge on any atom is 0.193 e. The first-order valence-electron chi connectivity index (χ1n) is 10.1. The Labute approximate surface area is 153 Å². The predicted molar refractivity (Wildman–Crippen MR) is 103 cm³/mol. The number of rotatable bonds is 10. The third-order valence-electron chi connectivity index (χ3n) is 5.17. The summed E-state index contributed by atoms with van der Waals surface area (Å²) in [5, 5.41) is 3.42. The average molecular weight is 355 g/mol. The Kier molecular flexibility index (Phi) is 9.58. The van der Waals surface area contributed by atoms with Gasteiger partial charge >= 0.3 is 0 Å². The molecule has 0 aliphatic carbocycles. The first kappa shape index (κ1) is 20.5. The molecule has 2 aliphatic heterocycles. The zero-order valence-electron chi connectivity index (χ0n) is 16.5. The summed E-state index contributed by atoms with van der Waals surface area (Å²) in [5.41, 5.74) is 0. The van der Waals surface area contributed by atoms with E-state index in [0.29, 0.717) is 12.0 Å². The summed E-state index contributed by atoms with van der Waals surface area (Å²) in [4.78, 5) is 9.66. The maximum atomic E-state index is 5.77. The SMILES string of the molecule is CCNC(=NCCCOCC1CCOC1)N(C)CC1CCCN1CC. The molecule has 0 saturated carbocycles. The van der Waals surface area contributed by atoms with Gasteiger partial charge in [-0.3, -0.25) is 9.89 Å². The van der Waals surface area contributed by atoms with Crippen molar-refractivity contribution < 1.29 is 9.47 Å². The fourth-order valence-corrected chi connectivity index (χ4v) is 3.71. The van der Waals surface area contributed by atoms with Crippen molar-refractivity contribution in [1.29, 1.82) is 0 Å². The number of nitrogens with zero attached hydrogens (tertiary/aromatic N) is 3. The van der Waals surface area contributed by atoms with Gasteiger partial charge in [-0.1, -0.05) is 6.92 Å². The number of hydrogen-bond acceptors (Lipinski definition) is 4. The maximum absolute atomic E-state index is 5.77. The number of likely N-dealkylation sites (N-methyl/N-ethyl adjacent to an activating group) is 2. The molecule has 6 heteroatoms. The minimum absolute atomic E-state index is 0.597. The Bertz CT molecular complexity index is 386. The van der Waals surface area contributed by atoms with Crippen molar-refractivity contribution in [1.82, 2.24) is 15.1 Å². The van der Waals surface area contributed by atoms with Gasteiger partial charge in [0.2, 0.25) is 0 Å². The Morgan fingerprint density at radius 3 is 2.96 bits per heavy atom. The normalized spacial score (nSPS) is 24.8. The van der Waals surface area contributed by atoms with Crippen LogP contribution in [0.3, 0.4) is 0 Å². The smallest absolute Gasteiger partial charge is 0.193 e. The fourth-order valence-electron chi connectivity index (χ4n) is 3.71. The van der Waals surface area contributed by atoms with E-state index < -0.39 is 0 Å². The number of ether oxygens (including phenoxy) is 2. The first-order chi connectivity index (χ1) is 12.2. The number of likely N-dealkylation sites (tertiary alicyclic amines) is 1. The third kappa shape index (κ3) is 7.12. The van der Waals surface area contributed by atoms with E-state index in [1.807, 2.05) is 0 Å². The van der Waals surface area contributed by atoms with Gasteiger partial charge in [0.1, 0.15) is 0 Å². The molecule has 0 aromatic heterocycles. The molecule has 146 valence electrons. The van der Waals surface area contributed by atoms with Gasteiger partial charge in [-0.25, -0.2) is 0 Å². The van der Waals surface area contributed by atoms with Crippen molar-refractivity contribution >= 4 is 5.96 Å². The third-order valence-corrected chi connectivity index (χ3v) is 5.17. The van der Waals surface area contributed by atoms with Crippen LogP contribution in [0, 0.1) is 5.92 Å². The van der Waals surface area contributed by atoms with Crippen LogP contribution in [0.15, 0.2) is 4.99 Å². The topological polar surface area (TPSA) is 49.3 Å². The molecule has 2 rings (SSSR count). The number of guanidine groups is 1. The van der Waals surface area contributed by atoms with E-state index in [1.54, 1.807) is 0 Å². The van der Waals surface area contributed by atoms with Crippen LogP contribution in [0.1, 0.15) is 39.5 Å². The molecule has 0 aromatic carbocycles. The molecular formula is C19H38N4O2. The summed E-state index contributed by atoms with van der Waals surface area (Å²) < 4.78 is 11.1. The van der Waals surface area contributed by atoms with Crippen molar-refractivity contribution in [2.45, 2.75) is 45.6 Å². The number of aliphatic imine (C=N–C) groups is 1. The van der Waals surface area contributed by atoms with E-state index in [2.05, 4.69) is 36.0 Å². The van der Waals surface area contributed by atoms with Gasteiger partial charge in [-0.15, -0.1) is 0 Å². The van der Waals surface area contributed by atoms with Crippen LogP contribution in [0.5, 0.6) is 0 Å². The quantitative estimate of drug-likeness (QED) is 0.368. The van der Waals surface area contributed by atoms with Gasteiger partial charge in [0.15, 0.2) is 5.96 Å². The van der Waals surface area contributed by atoms with Crippen molar-refractivity contribution in [2.75, 3.05) is 66.2 Å². The van der Waals surface area contributed by atoms with Crippen LogP contribution in [0.2, 0.25) is 0 Å². The lowest BCUT2D eigenvalue weighted by Crippen LogP contribution is -2.46. The molecule has 2 fully saturated rings. The van der Waals surface area contributed by atoms with E-state index >= 15 is 0 Å². The van der Waals surface area contributed by atoms with Crippen LogP contribution >= 0.6 is 0 Å². The fraction of sp³-hybridized carbons (Fsp3) is 0.947. The first-order valence-corrected chi connectivity index (χ1v) is 10.1. The summed E-state index contributed by atoms with van der Waals surface area (Å²) in [6, 6.07) is 0.663. The van der Waals surface area contributed by atoms with Crippen molar-refractivity contribution in [3.8, 4) is 0 Å². The van der Waals surface area contributed by atoms with Gasteiger partial charge in [-0.05, 0) is 45.7 Å². The van der Waals surface area contributed by atoms with E-state index in [4.69, 9.17) is 14.5 Å². The van der Waals surface area contributed by atoms with E-state index in [1.165, 1.54) is 19.4 Å². The van der Waals surface area contributed by atoms with E-state index in [-0.39, 0.29) is 0 Å². The van der Waals surface area contributed by atoms with Crippen LogP contribution in [-0.4, -0.2) is 88.0 Å². The van der Waals surface area contributed by atoms with Crippen LogP contribution in [0.4, 0.5) is 0 Å². The summed E-state index contributed by atoms with van der Waals surface area (Å²) >= 11 is 0. The lowest BCUT2D eigenvalue weighted by Gasteiger charge is -2.29. The predicted octanol–water partition coefficient (Wildman–Crippen LogP) is 1.81. The molecule has 0 radical (unpaired) electrons. The molecule has 0 spiro atoms. The van der Waals surface area contributed by atoms with Crippen LogP contribution < -0.4 is 5.32 Å². The Hall–Kier alpha value is -0.850. The second-order valence-electron chi connectivity index (χ2n) is 7.20. The highest BCUT2D eigenvalue weighted by Crippen LogP contribution is 2.17. The Morgan fingerprint density at radius 2 is 2.24 bits per heavy atom. The minimum Gasteiger partial charge on any atom is -0.381 e. The molecular weight excluding hydrogens is 316 g/mol. The highest BCUT2D eigenvalue weighted by atomic mass is 16.5. The summed E-state index contributed by atoms with van der Waals surface area (Å²) in [7, 11) is 2.16. The molecule has 2 unspecified atom stereocenters. The molecule has 6 nitrogen and oxygen atoms in total. The van der Waals surface area contributed by atoms with E-state index in [9.17, 15) is 0 Å². The summed E-state index contributed by atoms with van der Waals surface area (Å²) in [6.45, 7) is 12.9. The summed E-state index contributed by atoms with van der Waals surface area (Å²) in [6.07, 6.45) is 4.74. The Morgan fingerprint density at radius 1 is 1.36 bits per heavy atom. The molecule has 2 aliphatic rings. The van der Waals surface area contributed by atoms with Gasteiger partial charge in [0.25, 0.3) is 0 Å². The molecule has 2 saturated heterocycles. The van der Waals surface area contributed by atoms with Gasteiger partial charge in [-0.2, -0.15) is 0 Å². The molecule has 0 bridgehead atoms. The largest absolute Gasteiger partial charge is 0.381 e. The minimum atomic E-state index is 0.597. The number of hydrogen-bond donors (Lipinski definition) is 1. The zero-order chi connectivity index (χ0) is 17.9. The lowest BCUT2D eigenvalue weighted by atomic mass is 10.1. The highest BCUT2D eigenvalue weighted by molar-refractivity contribution is 5.79. The zero-order valence-corrected chi connectivity index (χ0v) is 16.5. The highest BCUT2D eigenvalue weighted by Gasteiger charge is 2.24. The molecule has 0 aromatic rings. The lowest BCUT2D eigenvalue weighted by molar-refractivity contribution is 0.0893. The standard InChI is InChI=1S/C19H38N4O2/c1-4-20-19(22(3)14-18-8-6-11-23(18)5-2)21-10-7-12-24-15-17-9-13-25-16-17/h17-18H,4-16H2,1-3H3,(H,20,21). The van der Waals surface area contributed by atoms with Gasteiger partial charge < -0.3 is 19.7 Å². The molecule has 0 amide bonds. The van der Waals surface area contributed by atoms with Crippen molar-refractivity contribution in [3.63, 3.8) is 0 Å². The molecule has 2 atom stereocenters.